The van der Waals surface area contributed by atoms with Crippen LogP contribution in [0.1, 0.15) is 38.7 Å². The second-order valence-corrected chi connectivity index (χ2v) is 8.03. The topological polar surface area (TPSA) is 91.7 Å². The van der Waals surface area contributed by atoms with E-state index in [-0.39, 0.29) is 30.6 Å². The van der Waals surface area contributed by atoms with Crippen LogP contribution in [0.2, 0.25) is 0 Å². The molecule has 1 unspecified atom stereocenters. The fourth-order valence-corrected chi connectivity index (χ4v) is 4.36. The first-order valence-corrected chi connectivity index (χ1v) is 10.7. The lowest BCUT2D eigenvalue weighted by atomic mass is 10.0. The van der Waals surface area contributed by atoms with Gasteiger partial charge in [-0.25, -0.2) is 4.79 Å². The SMILES string of the molecule is CCN1C(=O)NC(=O)C(=Cc2cn(CC(=O)N3CCCCC3C)c3ccccc23)C1=O. The summed E-state index contributed by atoms with van der Waals surface area (Å²) in [5.41, 5.74) is 1.40. The molecule has 31 heavy (non-hydrogen) atoms. The third-order valence-corrected chi connectivity index (χ3v) is 6.05. The number of amides is 5. The normalized spacial score (nSPS) is 21.2. The molecule has 0 aliphatic carbocycles. The molecule has 5 amide bonds. The molecule has 8 heteroatoms. The number of piperidine rings is 1. The minimum atomic E-state index is -0.713. The van der Waals surface area contributed by atoms with Crippen molar-refractivity contribution >= 4 is 40.7 Å². The molecule has 4 rings (SSSR count). The third kappa shape index (κ3) is 3.85. The van der Waals surface area contributed by atoms with E-state index in [4.69, 9.17) is 0 Å². The van der Waals surface area contributed by atoms with Crippen molar-refractivity contribution in [2.24, 2.45) is 0 Å². The van der Waals surface area contributed by atoms with Gasteiger partial charge < -0.3 is 9.47 Å². The lowest BCUT2D eigenvalue weighted by molar-refractivity contribution is -0.135. The second kappa shape index (κ2) is 8.37. The average molecular weight is 422 g/mol. The van der Waals surface area contributed by atoms with Crippen LogP contribution in [0.3, 0.4) is 0 Å². The summed E-state index contributed by atoms with van der Waals surface area (Å²) in [5, 5.41) is 3.04. The van der Waals surface area contributed by atoms with Gasteiger partial charge in [-0.15, -0.1) is 0 Å². The number of likely N-dealkylation sites (N-methyl/N-ethyl adjacent to an activating group) is 1. The smallest absolute Gasteiger partial charge is 0.331 e. The van der Waals surface area contributed by atoms with Crippen molar-refractivity contribution in [3.63, 3.8) is 0 Å². The van der Waals surface area contributed by atoms with Crippen LogP contribution in [-0.2, 0) is 20.9 Å². The first kappa shape index (κ1) is 20.8. The number of carbonyl (C=O) groups is 4. The van der Waals surface area contributed by atoms with Gasteiger partial charge in [0.1, 0.15) is 12.1 Å². The van der Waals surface area contributed by atoms with Crippen LogP contribution in [0.4, 0.5) is 4.79 Å². The summed E-state index contributed by atoms with van der Waals surface area (Å²) < 4.78 is 1.86. The number of fused-ring (bicyclic) bond motifs is 1. The predicted octanol–water partition coefficient (Wildman–Crippen LogP) is 2.52. The molecule has 1 N–H and O–H groups in total. The summed E-state index contributed by atoms with van der Waals surface area (Å²) in [6, 6.07) is 7.08. The Balaban J connectivity index is 1.69. The molecule has 1 aromatic heterocycles. The standard InChI is InChI=1S/C23H26N4O4/c1-3-26-22(30)18(21(29)24-23(26)31)12-16-13-25(19-10-5-4-9-17(16)19)14-20(28)27-11-7-6-8-15(27)2/h4-5,9-10,12-13,15H,3,6-8,11,14H2,1-2H3,(H,24,29,31). The maximum atomic E-state index is 13.0. The predicted molar refractivity (Wildman–Crippen MR) is 116 cm³/mol. The van der Waals surface area contributed by atoms with Crippen LogP contribution < -0.4 is 5.32 Å². The average Bonchev–Trinajstić information content (AvgIpc) is 3.09. The zero-order valence-electron chi connectivity index (χ0n) is 17.8. The van der Waals surface area contributed by atoms with Crippen molar-refractivity contribution < 1.29 is 19.2 Å². The highest BCUT2D eigenvalue weighted by Crippen LogP contribution is 2.26. The van der Waals surface area contributed by atoms with Gasteiger partial charge in [-0.1, -0.05) is 18.2 Å². The Hall–Kier alpha value is -3.42. The van der Waals surface area contributed by atoms with Crippen LogP contribution in [-0.4, -0.2) is 57.3 Å². The number of hydrogen-bond acceptors (Lipinski definition) is 4. The van der Waals surface area contributed by atoms with Crippen molar-refractivity contribution in [1.82, 2.24) is 19.7 Å². The van der Waals surface area contributed by atoms with E-state index in [1.165, 1.54) is 6.08 Å². The molecule has 0 saturated carbocycles. The summed E-state index contributed by atoms with van der Waals surface area (Å²) in [6.07, 6.45) is 6.46. The van der Waals surface area contributed by atoms with Crippen molar-refractivity contribution in [2.75, 3.05) is 13.1 Å². The molecular formula is C23H26N4O4. The number of para-hydroxylation sites is 1. The van der Waals surface area contributed by atoms with Gasteiger partial charge in [0.2, 0.25) is 5.91 Å². The largest absolute Gasteiger partial charge is 0.338 e. The molecule has 1 atom stereocenters. The monoisotopic (exact) mass is 422 g/mol. The number of imide groups is 2. The van der Waals surface area contributed by atoms with Crippen molar-refractivity contribution in [3.8, 4) is 0 Å². The van der Waals surface area contributed by atoms with Crippen LogP contribution in [0.5, 0.6) is 0 Å². The van der Waals surface area contributed by atoms with Crippen LogP contribution >= 0.6 is 0 Å². The number of aromatic nitrogens is 1. The van der Waals surface area contributed by atoms with E-state index in [1.54, 1.807) is 13.1 Å². The first-order chi connectivity index (χ1) is 14.9. The number of urea groups is 1. The zero-order valence-corrected chi connectivity index (χ0v) is 17.8. The molecule has 2 saturated heterocycles. The van der Waals surface area contributed by atoms with E-state index >= 15 is 0 Å². The van der Waals surface area contributed by atoms with E-state index in [0.29, 0.717) is 5.56 Å². The summed E-state index contributed by atoms with van der Waals surface area (Å²) in [5.74, 6) is -1.28. The molecular weight excluding hydrogens is 396 g/mol. The summed E-state index contributed by atoms with van der Waals surface area (Å²) in [6.45, 7) is 4.87. The van der Waals surface area contributed by atoms with Gasteiger partial charge in [-0.2, -0.15) is 0 Å². The van der Waals surface area contributed by atoms with E-state index in [9.17, 15) is 19.2 Å². The molecule has 2 aliphatic heterocycles. The van der Waals surface area contributed by atoms with Crippen LogP contribution in [0.25, 0.3) is 17.0 Å². The van der Waals surface area contributed by atoms with Crippen molar-refractivity contribution in [2.45, 2.75) is 45.7 Å². The number of benzene rings is 1. The fourth-order valence-electron chi connectivity index (χ4n) is 4.36. The van der Waals surface area contributed by atoms with Crippen molar-refractivity contribution in [1.29, 1.82) is 0 Å². The van der Waals surface area contributed by atoms with E-state index < -0.39 is 17.8 Å². The quantitative estimate of drug-likeness (QED) is 0.605. The van der Waals surface area contributed by atoms with Crippen LogP contribution in [0, 0.1) is 0 Å². The number of carbonyl (C=O) groups excluding carboxylic acids is 4. The summed E-state index contributed by atoms with van der Waals surface area (Å²) in [4.78, 5) is 52.7. The number of nitrogens with one attached hydrogen (secondary N) is 1. The number of hydrogen-bond donors (Lipinski definition) is 1. The maximum absolute atomic E-state index is 13.0. The molecule has 8 nitrogen and oxygen atoms in total. The van der Waals surface area contributed by atoms with Gasteiger partial charge in [-0.05, 0) is 45.3 Å². The van der Waals surface area contributed by atoms with E-state index in [1.807, 2.05) is 33.7 Å². The Morgan fingerprint density at radius 1 is 1.19 bits per heavy atom. The third-order valence-electron chi connectivity index (χ3n) is 6.05. The molecule has 3 heterocycles. The molecule has 2 aromatic rings. The molecule has 1 aromatic carbocycles. The molecule has 0 radical (unpaired) electrons. The van der Waals surface area contributed by atoms with Gasteiger partial charge in [0.25, 0.3) is 11.8 Å². The van der Waals surface area contributed by atoms with Gasteiger partial charge in [0.05, 0.1) is 0 Å². The molecule has 0 spiro atoms. The molecule has 0 bridgehead atoms. The Labute approximate surface area is 180 Å². The zero-order chi connectivity index (χ0) is 22.1. The highest BCUT2D eigenvalue weighted by Gasteiger charge is 2.34. The Bertz CT molecular complexity index is 1100. The maximum Gasteiger partial charge on any atom is 0.331 e. The number of rotatable bonds is 4. The number of likely N-dealkylation sites (tertiary alicyclic amines) is 1. The fraction of sp³-hybridized carbons (Fsp3) is 0.391. The van der Waals surface area contributed by atoms with E-state index in [2.05, 4.69) is 12.2 Å². The van der Waals surface area contributed by atoms with Crippen LogP contribution in [0.15, 0.2) is 36.0 Å². The molecule has 2 aliphatic rings. The van der Waals surface area contributed by atoms with Gasteiger partial charge in [0.15, 0.2) is 0 Å². The summed E-state index contributed by atoms with van der Waals surface area (Å²) >= 11 is 0. The number of barbiturate groups is 1. The highest BCUT2D eigenvalue weighted by molar-refractivity contribution is 6.31. The summed E-state index contributed by atoms with van der Waals surface area (Å²) in [7, 11) is 0. The molecule has 162 valence electrons. The Morgan fingerprint density at radius 3 is 2.71 bits per heavy atom. The van der Waals surface area contributed by atoms with Gasteiger partial charge in [0, 0.05) is 41.8 Å². The lowest BCUT2D eigenvalue weighted by Gasteiger charge is -2.33. The van der Waals surface area contributed by atoms with E-state index in [0.717, 1.165) is 41.6 Å². The second-order valence-electron chi connectivity index (χ2n) is 8.03. The first-order valence-electron chi connectivity index (χ1n) is 10.7. The number of nitrogens with zero attached hydrogens (tertiary/aromatic N) is 3. The Morgan fingerprint density at radius 2 is 1.97 bits per heavy atom. The highest BCUT2D eigenvalue weighted by atomic mass is 16.2. The van der Waals surface area contributed by atoms with Gasteiger partial charge in [-0.3, -0.25) is 24.6 Å². The molecule has 2 fully saturated rings. The minimum Gasteiger partial charge on any atom is -0.338 e. The Kier molecular flexibility index (Phi) is 5.63. The van der Waals surface area contributed by atoms with Crippen molar-refractivity contribution in [3.05, 3.63) is 41.6 Å². The minimum absolute atomic E-state index is 0.0568. The lowest BCUT2D eigenvalue weighted by Crippen LogP contribution is -2.53. The van der Waals surface area contributed by atoms with Gasteiger partial charge >= 0.3 is 6.03 Å².